The third-order valence-corrected chi connectivity index (χ3v) is 11.5. The number of esters is 1. The van der Waals surface area contributed by atoms with Crippen LogP contribution in [-0.2, 0) is 56.6 Å². The summed E-state index contributed by atoms with van der Waals surface area (Å²) < 4.78 is 53.1. The van der Waals surface area contributed by atoms with Gasteiger partial charge in [-0.05, 0) is 78.0 Å². The summed E-state index contributed by atoms with van der Waals surface area (Å²) in [5.41, 5.74) is 0.919. The van der Waals surface area contributed by atoms with Gasteiger partial charge in [-0.25, -0.2) is 17.6 Å². The van der Waals surface area contributed by atoms with Crippen molar-refractivity contribution in [2.75, 3.05) is 6.54 Å². The van der Waals surface area contributed by atoms with Crippen molar-refractivity contribution >= 4 is 45.5 Å². The lowest BCUT2D eigenvalue weighted by molar-refractivity contribution is -0.159. The van der Waals surface area contributed by atoms with E-state index in [-0.39, 0.29) is 63.9 Å². The third kappa shape index (κ3) is 11.9. The number of benzene rings is 1. The number of carbonyl (C=O) groups is 6. The molecule has 1 saturated heterocycles. The van der Waals surface area contributed by atoms with Crippen molar-refractivity contribution in [3.8, 4) is 0 Å². The number of nitrogens with one attached hydrogen (secondary N) is 1. The highest BCUT2D eigenvalue weighted by atomic mass is 32.2. The minimum Gasteiger partial charge on any atom is -0.460 e. The van der Waals surface area contributed by atoms with Gasteiger partial charge >= 0.3 is 12.1 Å². The van der Waals surface area contributed by atoms with Crippen LogP contribution in [0.15, 0.2) is 29.8 Å². The van der Waals surface area contributed by atoms with E-state index >= 15 is 0 Å². The molecule has 54 heavy (non-hydrogen) atoms. The predicted molar refractivity (Wildman–Crippen MR) is 196 cm³/mol. The highest BCUT2D eigenvalue weighted by Gasteiger charge is 2.45. The molecule has 2 aliphatic heterocycles. The van der Waals surface area contributed by atoms with Crippen LogP contribution in [0.25, 0.3) is 0 Å². The Balaban J connectivity index is 1.59. The number of likely N-dealkylation sites (tertiary alicyclic amines) is 1. The van der Waals surface area contributed by atoms with Crippen molar-refractivity contribution in [3.63, 3.8) is 0 Å². The molecule has 1 N–H and O–H groups in total. The van der Waals surface area contributed by atoms with Gasteiger partial charge in [0, 0.05) is 43.2 Å². The fourth-order valence-corrected chi connectivity index (χ4v) is 8.21. The monoisotopic (exact) mass is 775 g/mol. The number of halogens is 1. The summed E-state index contributed by atoms with van der Waals surface area (Å²) in [5.74, 6) is -5.37. The molecule has 3 aliphatic rings. The van der Waals surface area contributed by atoms with Gasteiger partial charge in [-0.3, -0.25) is 33.6 Å². The van der Waals surface area contributed by atoms with Crippen LogP contribution in [0, 0.1) is 17.7 Å². The minimum absolute atomic E-state index is 0.0196. The summed E-state index contributed by atoms with van der Waals surface area (Å²) in [5, 5.41) is -0.646. The number of sulfonamides is 1. The Hall–Kier alpha value is -4.14. The summed E-state index contributed by atoms with van der Waals surface area (Å²) in [7, 11) is -3.88. The van der Waals surface area contributed by atoms with Crippen molar-refractivity contribution in [1.29, 1.82) is 0 Å². The molecule has 1 aromatic carbocycles. The first kappa shape index (κ1) is 42.6. The van der Waals surface area contributed by atoms with E-state index in [2.05, 4.69) is 4.72 Å². The van der Waals surface area contributed by atoms with Crippen LogP contribution in [0.4, 0.5) is 9.18 Å². The SMILES string of the molecule is CCCCC(CC(=O)C1CC(OC(=O)N2Cc3cccc(F)c3C2)CN1C(=O)[C@H](CCC(=O)C=C(C)C)CC(=O)OC(C)(C)C)C(=O)NS(=O)(=O)C1CC1. The molecule has 0 bridgehead atoms. The second-order valence-corrected chi connectivity index (χ2v) is 17.9. The van der Waals surface area contributed by atoms with Gasteiger partial charge in [0.25, 0.3) is 0 Å². The molecule has 3 unspecified atom stereocenters. The molecule has 15 heteroatoms. The number of nitrogens with zero attached hydrogens (tertiary/aromatic N) is 2. The first-order valence-electron chi connectivity index (χ1n) is 18.8. The maximum Gasteiger partial charge on any atom is 0.410 e. The molecule has 0 radical (unpaired) electrons. The summed E-state index contributed by atoms with van der Waals surface area (Å²) >= 11 is 0. The molecule has 4 rings (SSSR count). The van der Waals surface area contributed by atoms with Crippen LogP contribution in [0.3, 0.4) is 0 Å². The fourth-order valence-electron chi connectivity index (χ4n) is 6.84. The molecule has 13 nitrogen and oxygen atoms in total. The summed E-state index contributed by atoms with van der Waals surface area (Å²) in [6.07, 6.45) is 1.09. The fraction of sp³-hybridized carbons (Fsp3) is 0.641. The van der Waals surface area contributed by atoms with Gasteiger partial charge in [0.1, 0.15) is 17.5 Å². The smallest absolute Gasteiger partial charge is 0.410 e. The molecular formula is C39H54FN3O10S. The molecular weight excluding hydrogens is 722 g/mol. The lowest BCUT2D eigenvalue weighted by Crippen LogP contribution is -2.46. The van der Waals surface area contributed by atoms with E-state index < -0.39 is 80.3 Å². The topological polar surface area (TPSA) is 174 Å². The Morgan fingerprint density at radius 2 is 1.72 bits per heavy atom. The first-order chi connectivity index (χ1) is 25.3. The Labute approximate surface area is 317 Å². The maximum absolute atomic E-state index is 14.4. The molecule has 298 valence electrons. The number of unbranched alkanes of at least 4 members (excludes halogenated alkanes) is 1. The summed E-state index contributed by atoms with van der Waals surface area (Å²) in [6, 6.07) is 3.39. The predicted octanol–water partition coefficient (Wildman–Crippen LogP) is 5.28. The number of hydrogen-bond donors (Lipinski definition) is 1. The van der Waals surface area contributed by atoms with Crippen molar-refractivity contribution in [3.05, 3.63) is 46.8 Å². The average Bonchev–Trinajstić information content (AvgIpc) is 3.71. The zero-order valence-corrected chi connectivity index (χ0v) is 33.0. The Kier molecular flexibility index (Phi) is 14.2. The number of ketones is 2. The summed E-state index contributed by atoms with van der Waals surface area (Å²) in [4.78, 5) is 83.5. The number of amides is 3. The number of Topliss-reactive ketones (excluding diaryl/α,β-unsaturated/α-hetero) is 1. The van der Waals surface area contributed by atoms with E-state index in [0.29, 0.717) is 36.8 Å². The van der Waals surface area contributed by atoms with Crippen LogP contribution in [0.5, 0.6) is 0 Å². The third-order valence-electron chi connectivity index (χ3n) is 9.67. The van der Waals surface area contributed by atoms with E-state index in [9.17, 15) is 41.6 Å². The van der Waals surface area contributed by atoms with Gasteiger partial charge < -0.3 is 14.4 Å². The normalized spacial score (nSPS) is 19.4. The minimum atomic E-state index is -3.88. The number of rotatable bonds is 17. The van der Waals surface area contributed by atoms with E-state index in [4.69, 9.17) is 9.47 Å². The van der Waals surface area contributed by atoms with Gasteiger partial charge in [-0.1, -0.05) is 37.5 Å². The van der Waals surface area contributed by atoms with Crippen LogP contribution in [-0.4, -0.2) is 83.2 Å². The van der Waals surface area contributed by atoms with Crippen LogP contribution in [0.2, 0.25) is 0 Å². The second kappa shape index (κ2) is 18.0. The van der Waals surface area contributed by atoms with E-state index in [0.717, 1.165) is 5.57 Å². The van der Waals surface area contributed by atoms with Gasteiger partial charge in [-0.15, -0.1) is 0 Å². The number of ether oxygens (including phenoxy) is 2. The number of carbonyl (C=O) groups excluding carboxylic acids is 6. The average molecular weight is 776 g/mol. The quantitative estimate of drug-likeness (QED) is 0.162. The van der Waals surface area contributed by atoms with Crippen LogP contribution in [0.1, 0.15) is 117 Å². The zero-order valence-electron chi connectivity index (χ0n) is 32.2. The maximum atomic E-state index is 14.4. The molecule has 4 atom stereocenters. The lowest BCUT2D eigenvalue weighted by Gasteiger charge is -2.29. The number of fused-ring (bicyclic) bond motifs is 1. The molecule has 1 aliphatic carbocycles. The Morgan fingerprint density at radius 3 is 2.33 bits per heavy atom. The largest absolute Gasteiger partial charge is 0.460 e. The van der Waals surface area contributed by atoms with Gasteiger partial charge in [-0.2, -0.15) is 0 Å². The second-order valence-electron chi connectivity index (χ2n) is 15.9. The van der Waals surface area contributed by atoms with Gasteiger partial charge in [0.2, 0.25) is 21.8 Å². The van der Waals surface area contributed by atoms with E-state index in [1.165, 1.54) is 21.9 Å². The van der Waals surface area contributed by atoms with Crippen molar-refractivity contribution in [2.45, 2.75) is 142 Å². The molecule has 0 aromatic heterocycles. The Morgan fingerprint density at radius 1 is 1.02 bits per heavy atom. The van der Waals surface area contributed by atoms with Crippen LogP contribution < -0.4 is 4.72 Å². The highest BCUT2D eigenvalue weighted by Crippen LogP contribution is 2.32. The molecule has 3 amide bonds. The van der Waals surface area contributed by atoms with Crippen molar-refractivity contribution < 1.29 is 51.0 Å². The molecule has 2 heterocycles. The number of hydrogen-bond acceptors (Lipinski definition) is 10. The van der Waals surface area contributed by atoms with Crippen molar-refractivity contribution in [1.82, 2.24) is 14.5 Å². The summed E-state index contributed by atoms with van der Waals surface area (Å²) in [6.45, 7) is 10.3. The molecule has 0 spiro atoms. The number of allylic oxidation sites excluding steroid dienone is 2. The van der Waals surface area contributed by atoms with Gasteiger partial charge in [0.05, 0.1) is 30.8 Å². The van der Waals surface area contributed by atoms with Crippen molar-refractivity contribution in [2.24, 2.45) is 11.8 Å². The van der Waals surface area contributed by atoms with Gasteiger partial charge in [0.15, 0.2) is 11.6 Å². The molecule has 2 fully saturated rings. The zero-order chi connectivity index (χ0) is 40.0. The lowest BCUT2D eigenvalue weighted by atomic mass is 9.91. The standard InChI is InChI=1S/C39H54FN3O10S/c1-7-8-10-25(36(47)41-54(50,51)30-15-16-30)18-34(45)33-20-29(52-38(49)42-21-27-11-9-12-32(40)31(27)23-42)22-43(33)37(48)26(13-14-28(44)17-24(2)3)19-35(46)53-39(4,5)6/h9,11-12,17,25-26,29-30,33H,7-8,10,13-16,18-23H2,1-6H3,(H,41,47)/t25?,26-,29?,33?/m1/s1. The molecule has 1 saturated carbocycles. The molecule has 1 aromatic rings. The van der Waals surface area contributed by atoms with E-state index in [1.54, 1.807) is 46.8 Å². The van der Waals surface area contributed by atoms with Crippen LogP contribution >= 0.6 is 0 Å². The highest BCUT2D eigenvalue weighted by molar-refractivity contribution is 7.90. The Bertz CT molecular complexity index is 1750. The van der Waals surface area contributed by atoms with E-state index in [1.807, 2.05) is 6.92 Å². The first-order valence-corrected chi connectivity index (χ1v) is 20.3.